The molecule has 0 fully saturated rings. The van der Waals surface area contributed by atoms with Gasteiger partial charge in [0.15, 0.2) is 0 Å². The standard InChI is InChI=1S/C22H38/c1-19(2,3)15-13-17(21(7,8)9)18(22(10,11)12)14-16(15)20(4,5)6/h13-14H,1-12H3. The highest BCUT2D eigenvalue weighted by atomic mass is 14.4. The van der Waals surface area contributed by atoms with Crippen LogP contribution in [0.15, 0.2) is 12.1 Å². The van der Waals surface area contributed by atoms with Crippen molar-refractivity contribution in [2.24, 2.45) is 0 Å². The summed E-state index contributed by atoms with van der Waals surface area (Å²) in [6.45, 7) is 28.0. The zero-order valence-electron chi connectivity index (χ0n) is 17.2. The first-order chi connectivity index (χ1) is 9.45. The molecule has 126 valence electrons. The number of rotatable bonds is 0. The normalized spacial score (nSPS) is 14.4. The molecule has 0 aliphatic carbocycles. The monoisotopic (exact) mass is 302 g/mol. The fourth-order valence-corrected chi connectivity index (χ4v) is 3.08. The molecule has 0 N–H and O–H groups in total. The molecule has 0 saturated heterocycles. The fraction of sp³-hybridized carbons (Fsp3) is 0.727. The Balaban J connectivity index is 3.90. The second kappa shape index (κ2) is 5.39. The van der Waals surface area contributed by atoms with Gasteiger partial charge in [0.2, 0.25) is 0 Å². The Hall–Kier alpha value is -0.780. The summed E-state index contributed by atoms with van der Waals surface area (Å²) in [6, 6.07) is 5.00. The molecular formula is C22H38. The van der Waals surface area contributed by atoms with E-state index in [2.05, 4.69) is 95.2 Å². The molecule has 0 bridgehead atoms. The molecule has 0 atom stereocenters. The molecule has 0 radical (unpaired) electrons. The van der Waals surface area contributed by atoms with Crippen molar-refractivity contribution in [3.63, 3.8) is 0 Å². The molecule has 0 unspecified atom stereocenters. The van der Waals surface area contributed by atoms with Crippen LogP contribution in [0.25, 0.3) is 0 Å². The average Bonchev–Trinajstić information content (AvgIpc) is 2.22. The summed E-state index contributed by atoms with van der Waals surface area (Å²) < 4.78 is 0. The summed E-state index contributed by atoms with van der Waals surface area (Å²) in [5, 5.41) is 0. The van der Waals surface area contributed by atoms with E-state index in [9.17, 15) is 0 Å². The van der Waals surface area contributed by atoms with Crippen LogP contribution in [0.5, 0.6) is 0 Å². The summed E-state index contributed by atoms with van der Waals surface area (Å²) in [5.41, 5.74) is 6.66. The topological polar surface area (TPSA) is 0 Å². The molecular weight excluding hydrogens is 264 g/mol. The third kappa shape index (κ3) is 4.15. The van der Waals surface area contributed by atoms with E-state index in [-0.39, 0.29) is 21.7 Å². The average molecular weight is 303 g/mol. The molecule has 1 aromatic carbocycles. The van der Waals surface area contributed by atoms with Gasteiger partial charge in [-0.15, -0.1) is 0 Å². The van der Waals surface area contributed by atoms with Gasteiger partial charge >= 0.3 is 0 Å². The third-order valence-corrected chi connectivity index (χ3v) is 4.39. The molecule has 0 aromatic heterocycles. The van der Waals surface area contributed by atoms with Crippen LogP contribution in [0.1, 0.15) is 105 Å². The van der Waals surface area contributed by atoms with E-state index < -0.39 is 0 Å². The van der Waals surface area contributed by atoms with Gasteiger partial charge < -0.3 is 0 Å². The number of hydrogen-bond acceptors (Lipinski definition) is 0. The van der Waals surface area contributed by atoms with E-state index in [1.54, 1.807) is 0 Å². The summed E-state index contributed by atoms with van der Waals surface area (Å²) in [4.78, 5) is 0. The Morgan fingerprint density at radius 3 is 0.591 bits per heavy atom. The summed E-state index contributed by atoms with van der Waals surface area (Å²) in [6.07, 6.45) is 0. The second-order valence-corrected chi connectivity index (χ2v) is 10.9. The van der Waals surface area contributed by atoms with E-state index in [1.165, 1.54) is 22.3 Å². The minimum atomic E-state index is 0.166. The lowest BCUT2D eigenvalue weighted by molar-refractivity contribution is 0.501. The second-order valence-electron chi connectivity index (χ2n) is 10.9. The predicted octanol–water partition coefficient (Wildman–Crippen LogP) is 6.88. The maximum atomic E-state index is 2.50. The van der Waals surface area contributed by atoms with Gasteiger partial charge in [-0.3, -0.25) is 0 Å². The van der Waals surface area contributed by atoms with Crippen molar-refractivity contribution >= 4 is 0 Å². The molecule has 0 heteroatoms. The van der Waals surface area contributed by atoms with E-state index >= 15 is 0 Å². The Morgan fingerprint density at radius 1 is 0.364 bits per heavy atom. The fourth-order valence-electron chi connectivity index (χ4n) is 3.08. The lowest BCUT2D eigenvalue weighted by atomic mass is 9.68. The molecule has 0 spiro atoms. The van der Waals surface area contributed by atoms with Crippen LogP contribution < -0.4 is 0 Å². The zero-order valence-corrected chi connectivity index (χ0v) is 17.2. The molecule has 22 heavy (non-hydrogen) atoms. The smallest absolute Gasteiger partial charge is 0.0129 e. The Bertz CT molecular complexity index is 433. The van der Waals surface area contributed by atoms with Crippen molar-refractivity contribution in [3.05, 3.63) is 34.4 Å². The summed E-state index contributed by atoms with van der Waals surface area (Å²) >= 11 is 0. The van der Waals surface area contributed by atoms with Crippen LogP contribution in [-0.2, 0) is 21.7 Å². The van der Waals surface area contributed by atoms with Gasteiger partial charge in [-0.25, -0.2) is 0 Å². The molecule has 1 aromatic rings. The van der Waals surface area contributed by atoms with Gasteiger partial charge in [0.25, 0.3) is 0 Å². The van der Waals surface area contributed by atoms with Crippen LogP contribution in [0, 0.1) is 0 Å². The van der Waals surface area contributed by atoms with E-state index in [0.717, 1.165) is 0 Å². The molecule has 0 nitrogen and oxygen atoms in total. The van der Waals surface area contributed by atoms with Crippen molar-refractivity contribution in [2.75, 3.05) is 0 Å². The van der Waals surface area contributed by atoms with Crippen molar-refractivity contribution in [2.45, 2.75) is 105 Å². The van der Waals surface area contributed by atoms with Crippen molar-refractivity contribution in [3.8, 4) is 0 Å². The van der Waals surface area contributed by atoms with Gasteiger partial charge in [-0.2, -0.15) is 0 Å². The van der Waals surface area contributed by atoms with Crippen LogP contribution in [0.3, 0.4) is 0 Å². The molecule has 0 aliphatic heterocycles. The summed E-state index contributed by atoms with van der Waals surface area (Å²) in [5.74, 6) is 0. The lowest BCUT2D eigenvalue weighted by Crippen LogP contribution is -2.28. The number of hydrogen-bond donors (Lipinski definition) is 0. The SMILES string of the molecule is CC(C)(C)c1cc(C(C)(C)C)c(C(C)(C)C)cc1C(C)(C)C. The van der Waals surface area contributed by atoms with Gasteiger partial charge in [-0.1, -0.05) is 95.2 Å². The largest absolute Gasteiger partial charge is 0.0561 e. The molecule has 0 saturated carbocycles. The van der Waals surface area contributed by atoms with E-state index in [0.29, 0.717) is 0 Å². The van der Waals surface area contributed by atoms with Crippen LogP contribution in [0.4, 0.5) is 0 Å². The minimum Gasteiger partial charge on any atom is -0.0561 e. The van der Waals surface area contributed by atoms with Gasteiger partial charge in [0.05, 0.1) is 0 Å². The van der Waals surface area contributed by atoms with E-state index in [1.807, 2.05) is 0 Å². The lowest BCUT2D eigenvalue weighted by Gasteiger charge is -2.37. The zero-order chi connectivity index (χ0) is 17.7. The van der Waals surface area contributed by atoms with E-state index in [4.69, 9.17) is 0 Å². The molecule has 0 aliphatic rings. The first-order valence-electron chi connectivity index (χ1n) is 8.65. The highest BCUT2D eigenvalue weighted by Crippen LogP contribution is 2.42. The van der Waals surface area contributed by atoms with Crippen molar-refractivity contribution in [1.29, 1.82) is 0 Å². The van der Waals surface area contributed by atoms with Gasteiger partial charge in [-0.05, 0) is 43.9 Å². The Kier molecular flexibility index (Phi) is 4.72. The quantitative estimate of drug-likeness (QED) is 0.490. The Morgan fingerprint density at radius 2 is 0.500 bits per heavy atom. The van der Waals surface area contributed by atoms with Crippen molar-refractivity contribution < 1.29 is 0 Å². The van der Waals surface area contributed by atoms with Crippen LogP contribution >= 0.6 is 0 Å². The van der Waals surface area contributed by atoms with Gasteiger partial charge in [0, 0.05) is 0 Å². The Labute approximate surface area is 139 Å². The number of benzene rings is 1. The van der Waals surface area contributed by atoms with Gasteiger partial charge in [0.1, 0.15) is 0 Å². The molecule has 0 heterocycles. The highest BCUT2D eigenvalue weighted by Gasteiger charge is 2.32. The van der Waals surface area contributed by atoms with Crippen LogP contribution in [0.2, 0.25) is 0 Å². The maximum Gasteiger partial charge on any atom is -0.0129 e. The highest BCUT2D eigenvalue weighted by molar-refractivity contribution is 5.49. The molecule has 1 rings (SSSR count). The molecule has 0 amide bonds. The minimum absolute atomic E-state index is 0.166. The first-order valence-corrected chi connectivity index (χ1v) is 8.65. The van der Waals surface area contributed by atoms with Crippen LogP contribution in [-0.4, -0.2) is 0 Å². The summed E-state index contributed by atoms with van der Waals surface area (Å²) in [7, 11) is 0. The van der Waals surface area contributed by atoms with Crippen molar-refractivity contribution in [1.82, 2.24) is 0 Å². The first kappa shape index (κ1) is 19.3. The predicted molar refractivity (Wildman–Crippen MR) is 101 cm³/mol. The maximum absolute atomic E-state index is 2.50. The third-order valence-electron chi connectivity index (χ3n) is 4.39.